The minimum absolute atomic E-state index is 0.232. The molecule has 0 saturated heterocycles. The van der Waals surface area contributed by atoms with Crippen molar-refractivity contribution in [3.63, 3.8) is 0 Å². The zero-order valence-corrected chi connectivity index (χ0v) is 13.3. The van der Waals surface area contributed by atoms with E-state index in [2.05, 4.69) is 15.0 Å². The van der Waals surface area contributed by atoms with Gasteiger partial charge in [-0.1, -0.05) is 0 Å². The number of nitrogens with zero attached hydrogens (tertiary/aromatic N) is 2. The molecular formula is C14H19FN4O2S. The standard InChI is InChI=1S/C14H19FN4O2S/c1-16-10-17-4-3-5-19-6-7-21-14-12(15)8-11(9-13(14)19)18-22(2)20/h3-4,8-10,18H,5-7H2,1-2H3,(H,16,17)/b4-3+. The van der Waals surface area contributed by atoms with Gasteiger partial charge in [-0.3, -0.25) is 4.99 Å². The fraction of sp³-hybridized carbons (Fsp3) is 0.357. The third kappa shape index (κ3) is 4.20. The van der Waals surface area contributed by atoms with E-state index in [1.54, 1.807) is 25.7 Å². The molecule has 1 aromatic rings. The summed E-state index contributed by atoms with van der Waals surface area (Å²) in [6, 6.07) is 3.03. The summed E-state index contributed by atoms with van der Waals surface area (Å²) in [5, 5.41) is 2.89. The maximum absolute atomic E-state index is 14.1. The molecule has 1 unspecified atom stereocenters. The van der Waals surface area contributed by atoms with Gasteiger partial charge in [0.2, 0.25) is 0 Å². The molecular weight excluding hydrogens is 307 g/mol. The van der Waals surface area contributed by atoms with Crippen LogP contribution in [-0.4, -0.2) is 43.5 Å². The van der Waals surface area contributed by atoms with Crippen LogP contribution in [-0.2, 0) is 11.0 Å². The third-order valence-electron chi connectivity index (χ3n) is 2.98. The van der Waals surface area contributed by atoms with Gasteiger partial charge in [-0.25, -0.2) is 8.60 Å². The van der Waals surface area contributed by atoms with Crippen LogP contribution in [0.4, 0.5) is 15.8 Å². The van der Waals surface area contributed by atoms with Crippen molar-refractivity contribution in [2.45, 2.75) is 0 Å². The number of hydrogen-bond acceptors (Lipinski definition) is 4. The molecule has 2 rings (SSSR count). The maximum Gasteiger partial charge on any atom is 0.178 e. The lowest BCUT2D eigenvalue weighted by Gasteiger charge is -2.31. The van der Waals surface area contributed by atoms with Crippen LogP contribution in [0.5, 0.6) is 5.75 Å². The second kappa shape index (κ2) is 7.79. The number of anilines is 2. The summed E-state index contributed by atoms with van der Waals surface area (Å²) >= 11 is 0. The lowest BCUT2D eigenvalue weighted by Crippen LogP contribution is -2.33. The molecule has 120 valence electrons. The lowest BCUT2D eigenvalue weighted by molar-refractivity contribution is 0.293. The van der Waals surface area contributed by atoms with Crippen LogP contribution in [0.3, 0.4) is 0 Å². The Labute approximate surface area is 131 Å². The van der Waals surface area contributed by atoms with Gasteiger partial charge in [0.1, 0.15) is 17.6 Å². The molecule has 0 spiro atoms. The largest absolute Gasteiger partial charge is 0.486 e. The molecule has 0 saturated carbocycles. The molecule has 1 aliphatic rings. The van der Waals surface area contributed by atoms with E-state index < -0.39 is 16.8 Å². The number of benzene rings is 1. The van der Waals surface area contributed by atoms with E-state index in [1.165, 1.54) is 12.3 Å². The van der Waals surface area contributed by atoms with E-state index in [1.807, 2.05) is 11.0 Å². The fourth-order valence-corrected chi connectivity index (χ4v) is 2.56. The molecule has 0 aromatic heterocycles. The van der Waals surface area contributed by atoms with E-state index in [-0.39, 0.29) is 5.75 Å². The summed E-state index contributed by atoms with van der Waals surface area (Å²) in [6.45, 7) is 1.67. The highest BCUT2D eigenvalue weighted by Crippen LogP contribution is 2.36. The fourth-order valence-electron chi connectivity index (χ4n) is 2.12. The Hall–Kier alpha value is -2.09. The summed E-state index contributed by atoms with van der Waals surface area (Å²) in [6.07, 6.45) is 6.74. The van der Waals surface area contributed by atoms with E-state index in [4.69, 9.17) is 4.74 Å². The Morgan fingerprint density at radius 2 is 2.36 bits per heavy atom. The van der Waals surface area contributed by atoms with Gasteiger partial charge >= 0.3 is 0 Å². The van der Waals surface area contributed by atoms with Crippen molar-refractivity contribution in [1.29, 1.82) is 0 Å². The van der Waals surface area contributed by atoms with E-state index in [9.17, 15) is 8.60 Å². The third-order valence-corrected chi connectivity index (χ3v) is 3.50. The molecule has 0 aliphatic carbocycles. The second-order valence-electron chi connectivity index (χ2n) is 4.61. The number of nitrogens with one attached hydrogen (secondary N) is 2. The first-order valence-corrected chi connectivity index (χ1v) is 8.30. The predicted octanol–water partition coefficient (Wildman–Crippen LogP) is 1.49. The number of hydrogen-bond donors (Lipinski definition) is 2. The molecule has 0 fully saturated rings. The molecule has 6 nitrogen and oxygen atoms in total. The zero-order chi connectivity index (χ0) is 15.9. The monoisotopic (exact) mass is 326 g/mol. The Morgan fingerprint density at radius 3 is 3.09 bits per heavy atom. The smallest absolute Gasteiger partial charge is 0.178 e. The van der Waals surface area contributed by atoms with Crippen molar-refractivity contribution in [3.8, 4) is 5.75 Å². The molecule has 1 aromatic carbocycles. The molecule has 2 N–H and O–H groups in total. The summed E-state index contributed by atoms with van der Waals surface area (Å²) in [4.78, 5) is 5.79. The molecule has 22 heavy (non-hydrogen) atoms. The van der Waals surface area contributed by atoms with Crippen LogP contribution < -0.4 is 19.7 Å². The Balaban J connectivity index is 2.18. The molecule has 1 aliphatic heterocycles. The molecule has 1 heterocycles. The molecule has 8 heteroatoms. The first-order chi connectivity index (χ1) is 10.6. The number of halogens is 1. The normalized spacial score (nSPS) is 15.7. The number of fused-ring (bicyclic) bond motifs is 1. The van der Waals surface area contributed by atoms with Crippen molar-refractivity contribution >= 4 is 28.7 Å². The average Bonchev–Trinajstić information content (AvgIpc) is 2.47. The highest BCUT2D eigenvalue weighted by Gasteiger charge is 2.22. The minimum Gasteiger partial charge on any atom is -0.486 e. The van der Waals surface area contributed by atoms with Gasteiger partial charge < -0.3 is 19.7 Å². The highest BCUT2D eigenvalue weighted by atomic mass is 32.2. The van der Waals surface area contributed by atoms with Crippen LogP contribution in [0.25, 0.3) is 0 Å². The Morgan fingerprint density at radius 1 is 1.55 bits per heavy atom. The summed E-state index contributed by atoms with van der Waals surface area (Å²) in [7, 11) is 0.414. The number of rotatable bonds is 6. The van der Waals surface area contributed by atoms with Crippen molar-refractivity contribution < 1.29 is 13.3 Å². The summed E-state index contributed by atoms with van der Waals surface area (Å²) in [5.41, 5.74) is 1.11. The predicted molar refractivity (Wildman–Crippen MR) is 88.5 cm³/mol. The van der Waals surface area contributed by atoms with E-state index in [0.29, 0.717) is 31.1 Å². The van der Waals surface area contributed by atoms with Crippen LogP contribution in [0, 0.1) is 5.82 Å². The van der Waals surface area contributed by atoms with Gasteiger partial charge in [-0.15, -0.1) is 0 Å². The Kier molecular flexibility index (Phi) is 5.76. The van der Waals surface area contributed by atoms with Crippen molar-refractivity contribution in [2.24, 2.45) is 4.99 Å². The SMILES string of the molecule is CN=CN/C=C/CN1CCOc2c(F)cc(NS(C)=O)cc21. The lowest BCUT2D eigenvalue weighted by atomic mass is 10.2. The summed E-state index contributed by atoms with van der Waals surface area (Å²) < 4.78 is 33.5. The van der Waals surface area contributed by atoms with Gasteiger partial charge in [0.15, 0.2) is 11.6 Å². The first kappa shape index (κ1) is 16.3. The zero-order valence-electron chi connectivity index (χ0n) is 12.5. The topological polar surface area (TPSA) is 66.0 Å². The molecule has 0 amide bonds. The van der Waals surface area contributed by atoms with Crippen LogP contribution in [0.1, 0.15) is 0 Å². The van der Waals surface area contributed by atoms with Crippen molar-refractivity contribution in [2.75, 3.05) is 42.6 Å². The summed E-state index contributed by atoms with van der Waals surface area (Å²) in [5.74, 6) is -0.231. The quantitative estimate of drug-likeness (QED) is 0.614. The van der Waals surface area contributed by atoms with E-state index in [0.717, 1.165) is 0 Å². The number of ether oxygens (including phenoxy) is 1. The number of aliphatic imine (C=N–C) groups is 1. The molecule has 0 radical (unpaired) electrons. The van der Waals surface area contributed by atoms with Crippen molar-refractivity contribution in [1.82, 2.24) is 5.32 Å². The van der Waals surface area contributed by atoms with Crippen LogP contribution in [0.15, 0.2) is 29.4 Å². The van der Waals surface area contributed by atoms with Gasteiger partial charge in [0.05, 0.1) is 24.3 Å². The van der Waals surface area contributed by atoms with Gasteiger partial charge in [-0.05, 0) is 18.3 Å². The molecule has 1 atom stereocenters. The van der Waals surface area contributed by atoms with Crippen LogP contribution >= 0.6 is 0 Å². The minimum atomic E-state index is -1.26. The molecule has 0 bridgehead atoms. The first-order valence-electron chi connectivity index (χ1n) is 6.75. The maximum atomic E-state index is 14.1. The second-order valence-corrected chi connectivity index (χ2v) is 5.73. The van der Waals surface area contributed by atoms with Crippen LogP contribution in [0.2, 0.25) is 0 Å². The Bertz CT molecular complexity index is 607. The average molecular weight is 326 g/mol. The van der Waals surface area contributed by atoms with Crippen molar-refractivity contribution in [3.05, 3.63) is 30.2 Å². The van der Waals surface area contributed by atoms with Gasteiger partial charge in [-0.2, -0.15) is 0 Å². The highest BCUT2D eigenvalue weighted by molar-refractivity contribution is 7.85. The van der Waals surface area contributed by atoms with Gasteiger partial charge in [0.25, 0.3) is 0 Å². The van der Waals surface area contributed by atoms with Gasteiger partial charge in [0, 0.05) is 25.9 Å². The van der Waals surface area contributed by atoms with E-state index >= 15 is 0 Å².